The highest BCUT2D eigenvalue weighted by Crippen LogP contribution is 2.33. The van der Waals surface area contributed by atoms with Crippen molar-refractivity contribution in [3.63, 3.8) is 0 Å². The summed E-state index contributed by atoms with van der Waals surface area (Å²) in [6.45, 7) is 0. The molecule has 0 spiro atoms. The first-order valence-corrected chi connectivity index (χ1v) is 7.80. The average molecular weight is 260 g/mol. The summed E-state index contributed by atoms with van der Waals surface area (Å²) in [5.74, 6) is 0.951. The minimum Gasteiger partial charge on any atom is -0.490 e. The summed E-state index contributed by atoms with van der Waals surface area (Å²) in [6.07, 6.45) is 10.8. The maximum absolute atomic E-state index is 10.1. The molecule has 1 saturated carbocycles. The number of aliphatic hydroxyl groups excluding tert-OH is 1. The van der Waals surface area contributed by atoms with Gasteiger partial charge in [-0.25, -0.2) is 0 Å². The summed E-state index contributed by atoms with van der Waals surface area (Å²) < 4.78 is 6.14. The number of aliphatic hydroxyl groups is 1. The summed E-state index contributed by atoms with van der Waals surface area (Å²) in [5.41, 5.74) is 2.39. The normalized spacial score (nSPS) is 24.6. The van der Waals surface area contributed by atoms with Crippen molar-refractivity contribution in [3.05, 3.63) is 29.3 Å². The van der Waals surface area contributed by atoms with Crippen LogP contribution in [0.3, 0.4) is 0 Å². The molecule has 3 rings (SSSR count). The van der Waals surface area contributed by atoms with Crippen LogP contribution in [-0.4, -0.2) is 11.2 Å². The van der Waals surface area contributed by atoms with Crippen molar-refractivity contribution >= 4 is 0 Å². The fraction of sp³-hybridized carbons (Fsp3) is 0.647. The van der Waals surface area contributed by atoms with Crippen LogP contribution in [0.4, 0.5) is 0 Å². The van der Waals surface area contributed by atoms with Gasteiger partial charge in [-0.3, -0.25) is 0 Å². The van der Waals surface area contributed by atoms with E-state index in [1.54, 1.807) is 0 Å². The van der Waals surface area contributed by atoms with Crippen LogP contribution < -0.4 is 4.74 Å². The number of benzene rings is 1. The summed E-state index contributed by atoms with van der Waals surface area (Å²) in [7, 11) is 0. The number of fused-ring (bicyclic) bond motifs is 1. The number of hydrogen-bond donors (Lipinski definition) is 1. The lowest BCUT2D eigenvalue weighted by Gasteiger charge is -2.23. The van der Waals surface area contributed by atoms with Gasteiger partial charge >= 0.3 is 0 Å². The van der Waals surface area contributed by atoms with E-state index >= 15 is 0 Å². The van der Waals surface area contributed by atoms with Gasteiger partial charge in [0, 0.05) is 0 Å². The third-order valence-corrected chi connectivity index (χ3v) is 4.50. The Kier molecular flexibility index (Phi) is 4.07. The first-order valence-electron chi connectivity index (χ1n) is 7.80. The second-order valence-electron chi connectivity index (χ2n) is 6.00. The van der Waals surface area contributed by atoms with Crippen molar-refractivity contribution in [2.75, 3.05) is 0 Å². The standard InChI is InChI=1S/C17H24O2/c18-17-9-5-6-13-10-11-15(12-16(13)17)19-14-7-3-1-2-4-8-14/h10-12,14,17-18H,1-9H2/t17-/m0/s1. The molecule has 1 aromatic carbocycles. The molecule has 1 N–H and O–H groups in total. The van der Waals surface area contributed by atoms with Crippen molar-refractivity contribution in [1.82, 2.24) is 0 Å². The van der Waals surface area contributed by atoms with Crippen molar-refractivity contribution < 1.29 is 9.84 Å². The largest absolute Gasteiger partial charge is 0.490 e. The Hall–Kier alpha value is -1.02. The zero-order chi connectivity index (χ0) is 13.1. The highest BCUT2D eigenvalue weighted by molar-refractivity contribution is 5.38. The van der Waals surface area contributed by atoms with Gasteiger partial charge in [-0.15, -0.1) is 0 Å². The Bertz CT molecular complexity index is 419. The molecule has 0 radical (unpaired) electrons. The molecule has 1 atom stereocenters. The van der Waals surface area contributed by atoms with Crippen LogP contribution >= 0.6 is 0 Å². The van der Waals surface area contributed by atoms with E-state index in [4.69, 9.17) is 4.74 Å². The highest BCUT2D eigenvalue weighted by atomic mass is 16.5. The van der Waals surface area contributed by atoms with E-state index in [0.717, 1.165) is 30.6 Å². The summed E-state index contributed by atoms with van der Waals surface area (Å²) in [6, 6.07) is 6.30. The van der Waals surface area contributed by atoms with Crippen LogP contribution in [0.5, 0.6) is 5.75 Å². The maximum Gasteiger partial charge on any atom is 0.120 e. The van der Waals surface area contributed by atoms with Crippen molar-refractivity contribution in [3.8, 4) is 5.75 Å². The molecule has 1 fully saturated rings. The Labute approximate surface area is 115 Å². The molecule has 0 bridgehead atoms. The van der Waals surface area contributed by atoms with E-state index < -0.39 is 0 Å². The molecular weight excluding hydrogens is 236 g/mol. The molecule has 2 aliphatic carbocycles. The van der Waals surface area contributed by atoms with Gasteiger partial charge in [0.05, 0.1) is 12.2 Å². The van der Waals surface area contributed by atoms with E-state index in [1.165, 1.54) is 44.1 Å². The van der Waals surface area contributed by atoms with Crippen LogP contribution in [0, 0.1) is 0 Å². The van der Waals surface area contributed by atoms with Gasteiger partial charge in [0.2, 0.25) is 0 Å². The van der Waals surface area contributed by atoms with Gasteiger partial charge in [-0.2, -0.15) is 0 Å². The van der Waals surface area contributed by atoms with E-state index in [-0.39, 0.29) is 6.10 Å². The number of ether oxygens (including phenoxy) is 1. The molecule has 1 aromatic rings. The lowest BCUT2D eigenvalue weighted by Crippen LogP contribution is -2.16. The molecule has 0 aromatic heterocycles. The van der Waals surface area contributed by atoms with Crippen molar-refractivity contribution in [1.29, 1.82) is 0 Å². The molecule has 0 heterocycles. The van der Waals surface area contributed by atoms with Gasteiger partial charge in [0.25, 0.3) is 0 Å². The monoisotopic (exact) mass is 260 g/mol. The molecule has 0 aliphatic heterocycles. The van der Waals surface area contributed by atoms with Crippen LogP contribution in [0.25, 0.3) is 0 Å². The van der Waals surface area contributed by atoms with Gasteiger partial charge in [0.1, 0.15) is 5.75 Å². The number of hydrogen-bond acceptors (Lipinski definition) is 2. The molecule has 104 valence electrons. The summed E-state index contributed by atoms with van der Waals surface area (Å²) >= 11 is 0. The highest BCUT2D eigenvalue weighted by Gasteiger charge is 2.19. The van der Waals surface area contributed by atoms with Crippen LogP contribution in [-0.2, 0) is 6.42 Å². The third kappa shape index (κ3) is 3.11. The molecule has 0 saturated heterocycles. The third-order valence-electron chi connectivity index (χ3n) is 4.50. The van der Waals surface area contributed by atoms with Gasteiger partial charge in [0.15, 0.2) is 0 Å². The Morgan fingerprint density at radius 3 is 2.53 bits per heavy atom. The molecule has 2 heteroatoms. The maximum atomic E-state index is 10.1. The zero-order valence-electron chi connectivity index (χ0n) is 11.6. The lowest BCUT2D eigenvalue weighted by molar-refractivity contribution is 0.153. The fourth-order valence-corrected chi connectivity index (χ4v) is 3.38. The molecular formula is C17H24O2. The molecule has 2 aliphatic rings. The van der Waals surface area contributed by atoms with Gasteiger partial charge in [-0.1, -0.05) is 18.9 Å². The van der Waals surface area contributed by atoms with E-state index in [2.05, 4.69) is 18.2 Å². The Balaban J connectivity index is 1.72. The number of aryl methyl sites for hydroxylation is 1. The molecule has 19 heavy (non-hydrogen) atoms. The predicted molar refractivity (Wildman–Crippen MR) is 76.5 cm³/mol. The topological polar surface area (TPSA) is 29.5 Å². The average Bonchev–Trinajstić information content (AvgIpc) is 2.68. The predicted octanol–water partition coefficient (Wildman–Crippen LogP) is 4.16. The van der Waals surface area contributed by atoms with Crippen molar-refractivity contribution in [2.45, 2.75) is 70.0 Å². The Morgan fingerprint density at radius 1 is 0.947 bits per heavy atom. The second kappa shape index (κ2) is 5.96. The van der Waals surface area contributed by atoms with E-state index in [0.29, 0.717) is 6.10 Å². The fourth-order valence-electron chi connectivity index (χ4n) is 3.38. The number of rotatable bonds is 2. The molecule has 2 nitrogen and oxygen atoms in total. The molecule has 0 amide bonds. The quantitative estimate of drug-likeness (QED) is 0.809. The van der Waals surface area contributed by atoms with Crippen LogP contribution in [0.2, 0.25) is 0 Å². The Morgan fingerprint density at radius 2 is 1.74 bits per heavy atom. The summed E-state index contributed by atoms with van der Waals surface area (Å²) in [5, 5.41) is 10.1. The van der Waals surface area contributed by atoms with Crippen LogP contribution in [0.1, 0.15) is 68.6 Å². The van der Waals surface area contributed by atoms with E-state index in [1.807, 2.05) is 0 Å². The first-order chi connectivity index (χ1) is 9.33. The van der Waals surface area contributed by atoms with Crippen molar-refractivity contribution in [2.24, 2.45) is 0 Å². The minimum absolute atomic E-state index is 0.290. The minimum atomic E-state index is -0.290. The van der Waals surface area contributed by atoms with Gasteiger partial charge < -0.3 is 9.84 Å². The van der Waals surface area contributed by atoms with E-state index in [9.17, 15) is 5.11 Å². The zero-order valence-corrected chi connectivity index (χ0v) is 11.6. The SMILES string of the molecule is O[C@H]1CCCc2ccc(OC3CCCCCC3)cc21. The lowest BCUT2D eigenvalue weighted by atomic mass is 9.89. The summed E-state index contributed by atoms with van der Waals surface area (Å²) in [4.78, 5) is 0. The van der Waals surface area contributed by atoms with Gasteiger partial charge in [-0.05, 0) is 68.2 Å². The smallest absolute Gasteiger partial charge is 0.120 e. The second-order valence-corrected chi connectivity index (χ2v) is 6.00. The van der Waals surface area contributed by atoms with Crippen LogP contribution in [0.15, 0.2) is 18.2 Å². The molecule has 0 unspecified atom stereocenters. The first kappa shape index (κ1) is 13.0.